The molecule has 0 unspecified atom stereocenters. The molecule has 1 aliphatic carbocycles. The van der Waals surface area contributed by atoms with Gasteiger partial charge in [0.05, 0.1) is 10.7 Å². The second kappa shape index (κ2) is 10.9. The highest BCUT2D eigenvalue weighted by Gasteiger charge is 2.28. The van der Waals surface area contributed by atoms with E-state index in [1.165, 1.54) is 6.07 Å². The highest BCUT2D eigenvalue weighted by Crippen LogP contribution is 2.33. The lowest BCUT2D eigenvalue weighted by Crippen LogP contribution is -2.39. The number of pyridine rings is 2. The number of anilines is 2. The van der Waals surface area contributed by atoms with E-state index in [9.17, 15) is 9.18 Å². The van der Waals surface area contributed by atoms with E-state index in [4.69, 9.17) is 16.3 Å². The number of nitrogens with one attached hydrogen (secondary N) is 3. The minimum atomic E-state index is -0.390. The monoisotopic (exact) mass is 489 g/mol. The van der Waals surface area contributed by atoms with Gasteiger partial charge in [0.25, 0.3) is 0 Å². The molecule has 3 heterocycles. The van der Waals surface area contributed by atoms with Crippen LogP contribution in [0.15, 0.2) is 24.4 Å². The summed E-state index contributed by atoms with van der Waals surface area (Å²) >= 11 is 6.46. The third-order valence-electron chi connectivity index (χ3n) is 6.85. The van der Waals surface area contributed by atoms with Crippen LogP contribution in [0.1, 0.15) is 52.4 Å². The lowest BCUT2D eigenvalue weighted by Gasteiger charge is -2.33. The van der Waals surface area contributed by atoms with E-state index >= 15 is 0 Å². The van der Waals surface area contributed by atoms with Crippen LogP contribution in [0.5, 0.6) is 0 Å². The van der Waals surface area contributed by atoms with Crippen LogP contribution in [0, 0.1) is 11.2 Å². The van der Waals surface area contributed by atoms with E-state index in [0.29, 0.717) is 28.6 Å². The van der Waals surface area contributed by atoms with Crippen molar-refractivity contribution in [3.05, 3.63) is 35.2 Å². The zero-order valence-electron chi connectivity index (χ0n) is 19.8. The fourth-order valence-corrected chi connectivity index (χ4v) is 4.85. The van der Waals surface area contributed by atoms with Gasteiger partial charge in [-0.25, -0.2) is 14.4 Å². The van der Waals surface area contributed by atoms with Crippen molar-refractivity contribution < 1.29 is 13.9 Å². The average molecular weight is 490 g/mol. The Bertz CT molecular complexity index is 1010. The minimum Gasteiger partial charge on any atom is -0.381 e. The maximum Gasteiger partial charge on any atom is 0.217 e. The van der Waals surface area contributed by atoms with Gasteiger partial charge in [0, 0.05) is 50.5 Å². The van der Waals surface area contributed by atoms with Crippen molar-refractivity contribution in [2.45, 2.75) is 64.5 Å². The number of hydrogen-bond acceptors (Lipinski definition) is 6. The van der Waals surface area contributed by atoms with Crippen LogP contribution in [-0.2, 0) is 9.53 Å². The van der Waals surface area contributed by atoms with Gasteiger partial charge >= 0.3 is 0 Å². The van der Waals surface area contributed by atoms with Gasteiger partial charge in [-0.15, -0.1) is 0 Å². The smallest absolute Gasteiger partial charge is 0.217 e. The van der Waals surface area contributed by atoms with Gasteiger partial charge in [-0.05, 0) is 62.1 Å². The summed E-state index contributed by atoms with van der Waals surface area (Å²) in [6.45, 7) is 5.82. The molecule has 4 rings (SSSR count). The number of ether oxygens (including phenoxy) is 1. The SMILES string of the molecule is CC(=O)NC1CCC(Nc2cc(-c3ccc(F)c(NCC4(C)CCOCC4)n3)c(Cl)cn2)CC1. The van der Waals surface area contributed by atoms with Crippen molar-refractivity contribution in [2.75, 3.05) is 30.4 Å². The predicted octanol–water partition coefficient (Wildman–Crippen LogP) is 5.02. The van der Waals surface area contributed by atoms with Gasteiger partial charge in [-0.1, -0.05) is 18.5 Å². The van der Waals surface area contributed by atoms with Gasteiger partial charge in [-0.2, -0.15) is 0 Å². The third kappa shape index (κ3) is 6.36. The molecule has 0 aromatic carbocycles. The molecule has 3 N–H and O–H groups in total. The topological polar surface area (TPSA) is 88.2 Å². The highest BCUT2D eigenvalue weighted by molar-refractivity contribution is 6.33. The van der Waals surface area contributed by atoms with Gasteiger partial charge in [0.15, 0.2) is 11.6 Å². The highest BCUT2D eigenvalue weighted by atomic mass is 35.5. The van der Waals surface area contributed by atoms with Crippen LogP contribution in [0.3, 0.4) is 0 Å². The van der Waals surface area contributed by atoms with Crippen LogP contribution >= 0.6 is 11.6 Å². The van der Waals surface area contributed by atoms with Crippen LogP contribution < -0.4 is 16.0 Å². The molecule has 184 valence electrons. The first kappa shape index (κ1) is 24.7. The fraction of sp³-hybridized carbons (Fsp3) is 0.560. The Hall–Kier alpha value is -2.45. The van der Waals surface area contributed by atoms with Gasteiger partial charge < -0.3 is 20.7 Å². The third-order valence-corrected chi connectivity index (χ3v) is 7.15. The Kier molecular flexibility index (Phi) is 7.88. The normalized spacial score (nSPS) is 22.1. The van der Waals surface area contributed by atoms with Crippen LogP contribution in [0.2, 0.25) is 5.02 Å². The molecule has 2 aromatic heterocycles. The summed E-state index contributed by atoms with van der Waals surface area (Å²) < 4.78 is 20.0. The summed E-state index contributed by atoms with van der Waals surface area (Å²) in [5.74, 6) is 0.559. The largest absolute Gasteiger partial charge is 0.381 e. The molecule has 2 fully saturated rings. The number of halogens is 2. The number of carbonyl (C=O) groups is 1. The predicted molar refractivity (Wildman–Crippen MR) is 133 cm³/mol. The number of hydrogen-bond donors (Lipinski definition) is 3. The second-order valence-electron chi connectivity index (χ2n) is 9.75. The summed E-state index contributed by atoms with van der Waals surface area (Å²) in [4.78, 5) is 20.3. The van der Waals surface area contributed by atoms with E-state index in [2.05, 4.69) is 32.8 Å². The zero-order valence-corrected chi connectivity index (χ0v) is 20.6. The molecule has 2 aliphatic rings. The Balaban J connectivity index is 1.44. The maximum absolute atomic E-state index is 14.5. The van der Waals surface area contributed by atoms with Crippen molar-refractivity contribution in [3.8, 4) is 11.3 Å². The standard InChI is InChI=1S/C25H33ClFN5O2/c1-16(33)30-17-3-5-18(6-4-17)31-23-13-19(20(26)14-28-23)22-8-7-21(27)24(32-22)29-15-25(2)9-11-34-12-10-25/h7-8,13-14,17-18H,3-6,9-12,15H2,1-2H3,(H,28,31)(H,29,32)(H,30,33). The van der Waals surface area contributed by atoms with Crippen LogP contribution in [0.25, 0.3) is 11.3 Å². The van der Waals surface area contributed by atoms with E-state index in [1.54, 1.807) is 19.2 Å². The Morgan fingerprint density at radius 3 is 2.62 bits per heavy atom. The molecule has 0 radical (unpaired) electrons. The van der Waals surface area contributed by atoms with Crippen molar-refractivity contribution in [1.82, 2.24) is 15.3 Å². The second-order valence-corrected chi connectivity index (χ2v) is 10.2. The summed E-state index contributed by atoms with van der Waals surface area (Å²) in [7, 11) is 0. The molecule has 1 saturated heterocycles. The molecule has 0 bridgehead atoms. The molecule has 1 saturated carbocycles. The van der Waals surface area contributed by atoms with Crippen LogP contribution in [0.4, 0.5) is 16.0 Å². The Labute approximate surface area is 205 Å². The number of nitrogens with zero attached hydrogens (tertiary/aromatic N) is 2. The van der Waals surface area contributed by atoms with Crippen LogP contribution in [-0.4, -0.2) is 47.7 Å². The van der Waals surface area contributed by atoms with Crippen molar-refractivity contribution in [2.24, 2.45) is 5.41 Å². The number of aromatic nitrogens is 2. The molecule has 0 spiro atoms. The molecule has 7 nitrogen and oxygen atoms in total. The fourth-order valence-electron chi connectivity index (χ4n) is 4.65. The van der Waals surface area contributed by atoms with Crippen molar-refractivity contribution in [1.29, 1.82) is 0 Å². The lowest BCUT2D eigenvalue weighted by molar-refractivity contribution is -0.119. The summed E-state index contributed by atoms with van der Waals surface area (Å²) in [6.07, 6.45) is 7.20. The minimum absolute atomic E-state index is 0.0166. The molecule has 0 atom stereocenters. The maximum atomic E-state index is 14.5. The lowest BCUT2D eigenvalue weighted by atomic mass is 9.82. The van der Waals surface area contributed by atoms with E-state index < -0.39 is 0 Å². The molecule has 34 heavy (non-hydrogen) atoms. The summed E-state index contributed by atoms with van der Waals surface area (Å²) in [5.41, 5.74) is 1.34. The van der Waals surface area contributed by atoms with E-state index in [1.807, 2.05) is 6.07 Å². The molecule has 9 heteroatoms. The average Bonchev–Trinajstić information content (AvgIpc) is 2.81. The molecule has 1 aliphatic heterocycles. The Morgan fingerprint density at radius 1 is 1.21 bits per heavy atom. The summed E-state index contributed by atoms with van der Waals surface area (Å²) in [5, 5.41) is 10.1. The molecule has 2 aromatic rings. The molecular weight excluding hydrogens is 457 g/mol. The summed E-state index contributed by atoms with van der Waals surface area (Å²) in [6, 6.07) is 5.43. The van der Waals surface area contributed by atoms with Gasteiger partial charge in [0.2, 0.25) is 5.91 Å². The van der Waals surface area contributed by atoms with Gasteiger partial charge in [-0.3, -0.25) is 4.79 Å². The Morgan fingerprint density at radius 2 is 1.91 bits per heavy atom. The number of carbonyl (C=O) groups excluding carboxylic acids is 1. The van der Waals surface area contributed by atoms with Gasteiger partial charge in [0.1, 0.15) is 5.82 Å². The van der Waals surface area contributed by atoms with E-state index in [0.717, 1.165) is 51.7 Å². The molecule has 1 amide bonds. The molecular formula is C25H33ClFN5O2. The first-order valence-electron chi connectivity index (χ1n) is 12.0. The van der Waals surface area contributed by atoms with Crippen molar-refractivity contribution >= 4 is 29.1 Å². The van der Waals surface area contributed by atoms with E-state index in [-0.39, 0.29) is 35.0 Å². The zero-order chi connectivity index (χ0) is 24.1. The number of amides is 1. The van der Waals surface area contributed by atoms with Crippen molar-refractivity contribution in [3.63, 3.8) is 0 Å². The number of rotatable bonds is 7. The first-order valence-corrected chi connectivity index (χ1v) is 12.4. The quantitative estimate of drug-likeness (QED) is 0.506. The first-order chi connectivity index (χ1) is 16.3.